The van der Waals surface area contributed by atoms with E-state index < -0.39 is 0 Å². The van der Waals surface area contributed by atoms with Crippen LogP contribution in [0.5, 0.6) is 0 Å². The van der Waals surface area contributed by atoms with E-state index in [1.165, 1.54) is 25.8 Å². The second kappa shape index (κ2) is 4.39. The van der Waals surface area contributed by atoms with Crippen LogP contribution in [0.2, 0.25) is 0 Å². The van der Waals surface area contributed by atoms with Crippen LogP contribution in [0.3, 0.4) is 0 Å². The van der Waals surface area contributed by atoms with E-state index in [1.54, 1.807) is 0 Å². The maximum Gasteiger partial charge on any atom is 0.140 e. The van der Waals surface area contributed by atoms with Gasteiger partial charge in [0.1, 0.15) is 5.84 Å². The van der Waals surface area contributed by atoms with Crippen molar-refractivity contribution >= 4 is 5.84 Å². The van der Waals surface area contributed by atoms with Crippen LogP contribution in [0.1, 0.15) is 39.0 Å². The summed E-state index contributed by atoms with van der Waals surface area (Å²) in [7, 11) is 0. The van der Waals surface area contributed by atoms with Crippen molar-refractivity contribution in [3.05, 3.63) is 0 Å². The Morgan fingerprint density at radius 3 is 2.87 bits per heavy atom. The number of oxime groups is 1. The van der Waals surface area contributed by atoms with Gasteiger partial charge in [0.05, 0.1) is 0 Å². The third kappa shape index (κ3) is 2.09. The quantitative estimate of drug-likeness (QED) is 0.320. The van der Waals surface area contributed by atoms with Crippen LogP contribution in [0.4, 0.5) is 0 Å². The molecule has 3 unspecified atom stereocenters. The molecule has 0 aromatic rings. The summed E-state index contributed by atoms with van der Waals surface area (Å²) in [5.74, 6) is 1.28. The first-order chi connectivity index (χ1) is 7.24. The average Bonchev–Trinajstić information content (AvgIpc) is 2.86. The molecular formula is C11H21N3O. The lowest BCUT2D eigenvalue weighted by atomic mass is 10.0. The molecule has 1 saturated carbocycles. The summed E-state index contributed by atoms with van der Waals surface area (Å²) in [6, 6.07) is 1.24. The Balaban J connectivity index is 1.95. The van der Waals surface area contributed by atoms with Crippen LogP contribution in [0.15, 0.2) is 5.16 Å². The van der Waals surface area contributed by atoms with Gasteiger partial charge in [-0.2, -0.15) is 0 Å². The molecule has 2 bridgehead atoms. The van der Waals surface area contributed by atoms with Crippen LogP contribution in [0.25, 0.3) is 0 Å². The second-order valence-electron chi connectivity index (χ2n) is 4.89. The molecule has 0 aromatic heterocycles. The van der Waals surface area contributed by atoms with Gasteiger partial charge in [-0.1, -0.05) is 12.1 Å². The first-order valence-electron chi connectivity index (χ1n) is 5.96. The van der Waals surface area contributed by atoms with Crippen molar-refractivity contribution in [2.24, 2.45) is 16.8 Å². The Hall–Kier alpha value is -0.770. The van der Waals surface area contributed by atoms with E-state index >= 15 is 0 Å². The highest BCUT2D eigenvalue weighted by atomic mass is 16.4. The number of fused-ring (bicyclic) bond motifs is 2. The monoisotopic (exact) mass is 211 g/mol. The summed E-state index contributed by atoms with van der Waals surface area (Å²) >= 11 is 0. The van der Waals surface area contributed by atoms with Crippen LogP contribution < -0.4 is 5.73 Å². The van der Waals surface area contributed by atoms with Crippen molar-refractivity contribution in [3.8, 4) is 0 Å². The number of rotatable bonds is 4. The molecule has 0 amide bonds. The highest BCUT2D eigenvalue weighted by Crippen LogP contribution is 2.39. The molecule has 2 rings (SSSR count). The summed E-state index contributed by atoms with van der Waals surface area (Å²) in [4.78, 5) is 2.58. The van der Waals surface area contributed by atoms with Crippen LogP contribution in [0, 0.1) is 5.92 Å². The number of hydrogen-bond donors (Lipinski definition) is 2. The average molecular weight is 211 g/mol. The summed E-state index contributed by atoms with van der Waals surface area (Å²) < 4.78 is 0. The lowest BCUT2D eigenvalue weighted by Crippen LogP contribution is -2.42. The van der Waals surface area contributed by atoms with Crippen molar-refractivity contribution in [2.45, 2.75) is 51.1 Å². The van der Waals surface area contributed by atoms with Crippen molar-refractivity contribution in [1.82, 2.24) is 4.90 Å². The van der Waals surface area contributed by atoms with Crippen molar-refractivity contribution in [2.75, 3.05) is 6.54 Å². The Morgan fingerprint density at radius 2 is 2.40 bits per heavy atom. The highest BCUT2D eigenvalue weighted by Gasteiger charge is 2.40. The van der Waals surface area contributed by atoms with Gasteiger partial charge in [-0.05, 0) is 31.6 Å². The fourth-order valence-electron chi connectivity index (χ4n) is 3.19. The lowest BCUT2D eigenvalue weighted by molar-refractivity contribution is 0.147. The summed E-state index contributed by atoms with van der Waals surface area (Å²) in [5.41, 5.74) is 5.59. The number of likely N-dealkylation sites (tertiary alicyclic amines) is 1. The van der Waals surface area contributed by atoms with Crippen molar-refractivity contribution < 1.29 is 5.21 Å². The molecule has 86 valence electrons. The molecule has 15 heavy (non-hydrogen) atoms. The second-order valence-corrected chi connectivity index (χ2v) is 4.89. The number of nitrogens with two attached hydrogens (primary N) is 1. The number of amidine groups is 1. The van der Waals surface area contributed by atoms with E-state index in [0.717, 1.165) is 18.4 Å². The Morgan fingerprint density at radius 1 is 1.60 bits per heavy atom. The number of hydrogen-bond acceptors (Lipinski definition) is 3. The van der Waals surface area contributed by atoms with Crippen LogP contribution in [-0.2, 0) is 0 Å². The minimum atomic E-state index is 0.365. The molecule has 2 fully saturated rings. The maximum atomic E-state index is 8.60. The Labute approximate surface area is 91.1 Å². The first-order valence-corrected chi connectivity index (χ1v) is 5.96. The third-order valence-electron chi connectivity index (χ3n) is 3.97. The van der Waals surface area contributed by atoms with Gasteiger partial charge >= 0.3 is 0 Å². The van der Waals surface area contributed by atoms with Gasteiger partial charge in [-0.15, -0.1) is 0 Å². The molecule has 4 heteroatoms. The van der Waals surface area contributed by atoms with Crippen molar-refractivity contribution in [1.29, 1.82) is 0 Å². The molecular weight excluding hydrogens is 190 g/mol. The molecule has 3 atom stereocenters. The van der Waals surface area contributed by atoms with Crippen LogP contribution in [-0.4, -0.2) is 34.6 Å². The normalized spacial score (nSPS) is 33.5. The van der Waals surface area contributed by atoms with Gasteiger partial charge in [0.25, 0.3) is 0 Å². The molecule has 3 N–H and O–H groups in total. The highest BCUT2D eigenvalue weighted by molar-refractivity contribution is 5.80. The molecule has 1 saturated heterocycles. The predicted molar refractivity (Wildman–Crippen MR) is 59.9 cm³/mol. The molecule has 0 spiro atoms. The SMILES string of the molecule is CCC(CC(N)=NO)N1CC2CCC1C2. The molecule has 1 heterocycles. The summed E-state index contributed by atoms with van der Waals surface area (Å²) in [6.07, 6.45) is 5.90. The van der Waals surface area contributed by atoms with E-state index in [1.807, 2.05) is 0 Å². The summed E-state index contributed by atoms with van der Waals surface area (Å²) in [5, 5.41) is 11.7. The predicted octanol–water partition coefficient (Wildman–Crippen LogP) is 1.39. The zero-order valence-corrected chi connectivity index (χ0v) is 9.39. The molecule has 2 aliphatic rings. The number of nitrogens with zero attached hydrogens (tertiary/aromatic N) is 2. The van der Waals surface area contributed by atoms with Gasteiger partial charge in [-0.3, -0.25) is 4.90 Å². The minimum Gasteiger partial charge on any atom is -0.409 e. The maximum absolute atomic E-state index is 8.60. The van der Waals surface area contributed by atoms with E-state index in [9.17, 15) is 0 Å². The van der Waals surface area contributed by atoms with Gasteiger partial charge < -0.3 is 10.9 Å². The standard InChI is InChI=1S/C11H21N3O/c1-2-9(6-11(12)13-15)14-7-8-3-4-10(14)5-8/h8-10,15H,2-7H2,1H3,(H2,12,13). The van der Waals surface area contributed by atoms with E-state index in [4.69, 9.17) is 10.9 Å². The summed E-state index contributed by atoms with van der Waals surface area (Å²) in [6.45, 7) is 3.41. The fourth-order valence-corrected chi connectivity index (χ4v) is 3.19. The molecule has 1 aliphatic carbocycles. The Kier molecular flexibility index (Phi) is 3.14. The zero-order valence-electron chi connectivity index (χ0n) is 9.39. The first kappa shape index (κ1) is 10.7. The van der Waals surface area contributed by atoms with E-state index in [-0.39, 0.29) is 0 Å². The zero-order chi connectivity index (χ0) is 10.8. The van der Waals surface area contributed by atoms with Gasteiger partial charge in [-0.25, -0.2) is 0 Å². The smallest absolute Gasteiger partial charge is 0.140 e. The molecule has 0 aromatic carbocycles. The lowest BCUT2D eigenvalue weighted by Gasteiger charge is -2.34. The number of piperidine rings is 1. The molecule has 0 radical (unpaired) electrons. The van der Waals surface area contributed by atoms with Gasteiger partial charge in [0.15, 0.2) is 0 Å². The minimum absolute atomic E-state index is 0.365. The largest absolute Gasteiger partial charge is 0.409 e. The van der Waals surface area contributed by atoms with Gasteiger partial charge in [0.2, 0.25) is 0 Å². The van der Waals surface area contributed by atoms with Crippen molar-refractivity contribution in [3.63, 3.8) is 0 Å². The Bertz CT molecular complexity index is 254. The van der Waals surface area contributed by atoms with Gasteiger partial charge in [0, 0.05) is 25.0 Å². The molecule has 1 aliphatic heterocycles. The van der Waals surface area contributed by atoms with E-state index in [2.05, 4.69) is 17.0 Å². The fraction of sp³-hybridized carbons (Fsp3) is 0.909. The third-order valence-corrected chi connectivity index (χ3v) is 3.97. The topological polar surface area (TPSA) is 61.9 Å². The van der Waals surface area contributed by atoms with E-state index in [0.29, 0.717) is 18.3 Å². The van der Waals surface area contributed by atoms with Crippen LogP contribution >= 0.6 is 0 Å². The molecule has 4 nitrogen and oxygen atoms in total.